The SMILES string of the molecule is Cc1coc(Sc2cc(C(=O)O)cc(Cl)n2)n1. The lowest BCUT2D eigenvalue weighted by Crippen LogP contribution is -1.97. The van der Waals surface area contributed by atoms with Crippen LogP contribution >= 0.6 is 23.4 Å². The second-order valence-corrected chi connectivity index (χ2v) is 4.54. The van der Waals surface area contributed by atoms with Gasteiger partial charge in [0, 0.05) is 0 Å². The molecule has 2 heterocycles. The molecule has 0 aliphatic rings. The van der Waals surface area contributed by atoms with Gasteiger partial charge in [0.2, 0.25) is 0 Å². The van der Waals surface area contributed by atoms with Gasteiger partial charge in [-0.2, -0.15) is 0 Å². The number of hydrogen-bond donors (Lipinski definition) is 1. The highest BCUT2D eigenvalue weighted by Crippen LogP contribution is 2.27. The predicted molar refractivity (Wildman–Crippen MR) is 61.6 cm³/mol. The summed E-state index contributed by atoms with van der Waals surface area (Å²) >= 11 is 6.84. The van der Waals surface area contributed by atoms with E-state index in [0.29, 0.717) is 10.2 Å². The molecule has 2 aromatic heterocycles. The zero-order valence-electron chi connectivity index (χ0n) is 8.68. The molecule has 17 heavy (non-hydrogen) atoms. The van der Waals surface area contributed by atoms with Gasteiger partial charge in [0.05, 0.1) is 11.3 Å². The standard InChI is InChI=1S/C10H7ClN2O3S/c1-5-4-16-10(12-5)17-8-3-6(9(14)15)2-7(11)13-8/h2-4H,1H3,(H,14,15). The third-order valence-corrected chi connectivity index (χ3v) is 2.78. The van der Waals surface area contributed by atoms with Crippen LogP contribution in [-0.2, 0) is 0 Å². The lowest BCUT2D eigenvalue weighted by atomic mass is 10.3. The Morgan fingerprint density at radius 1 is 1.47 bits per heavy atom. The maximum atomic E-state index is 10.8. The second-order valence-electron chi connectivity index (χ2n) is 3.18. The Hall–Kier alpha value is -1.53. The van der Waals surface area contributed by atoms with Crippen LogP contribution in [0.2, 0.25) is 5.15 Å². The number of carbonyl (C=O) groups is 1. The van der Waals surface area contributed by atoms with E-state index in [-0.39, 0.29) is 10.7 Å². The number of hydrogen-bond acceptors (Lipinski definition) is 5. The molecule has 0 amide bonds. The van der Waals surface area contributed by atoms with Gasteiger partial charge in [0.1, 0.15) is 16.4 Å². The van der Waals surface area contributed by atoms with Crippen LogP contribution in [0.25, 0.3) is 0 Å². The van der Waals surface area contributed by atoms with Gasteiger partial charge in [-0.3, -0.25) is 0 Å². The number of carboxylic acids is 1. The third-order valence-electron chi connectivity index (χ3n) is 1.81. The van der Waals surface area contributed by atoms with Gasteiger partial charge in [0.25, 0.3) is 5.22 Å². The van der Waals surface area contributed by atoms with E-state index < -0.39 is 5.97 Å². The second kappa shape index (κ2) is 4.77. The zero-order chi connectivity index (χ0) is 12.4. The van der Waals surface area contributed by atoms with E-state index in [0.717, 1.165) is 17.5 Å². The number of nitrogens with zero attached hydrogens (tertiary/aromatic N) is 2. The molecule has 0 aliphatic heterocycles. The minimum Gasteiger partial charge on any atom is -0.478 e. The highest BCUT2D eigenvalue weighted by molar-refractivity contribution is 7.99. The van der Waals surface area contributed by atoms with Crippen molar-refractivity contribution < 1.29 is 14.3 Å². The van der Waals surface area contributed by atoms with Gasteiger partial charge in [-0.05, 0) is 30.8 Å². The van der Waals surface area contributed by atoms with Crippen molar-refractivity contribution in [3.8, 4) is 0 Å². The topological polar surface area (TPSA) is 76.2 Å². The largest absolute Gasteiger partial charge is 0.478 e. The molecule has 0 aromatic carbocycles. The number of rotatable bonds is 3. The Kier molecular flexibility index (Phi) is 3.35. The molecule has 88 valence electrons. The van der Waals surface area contributed by atoms with Crippen molar-refractivity contribution in [1.29, 1.82) is 0 Å². The molecule has 0 spiro atoms. The first-order valence-corrected chi connectivity index (χ1v) is 5.75. The number of pyridine rings is 1. The van der Waals surface area contributed by atoms with E-state index in [2.05, 4.69) is 9.97 Å². The summed E-state index contributed by atoms with van der Waals surface area (Å²) in [6.07, 6.45) is 1.50. The minimum atomic E-state index is -1.06. The van der Waals surface area contributed by atoms with E-state index in [1.165, 1.54) is 18.4 Å². The van der Waals surface area contributed by atoms with Crippen molar-refractivity contribution in [2.45, 2.75) is 17.2 Å². The van der Waals surface area contributed by atoms with E-state index in [1.54, 1.807) is 6.92 Å². The summed E-state index contributed by atoms with van der Waals surface area (Å²) in [6.45, 7) is 1.79. The molecule has 0 bridgehead atoms. The van der Waals surface area contributed by atoms with E-state index in [9.17, 15) is 4.79 Å². The van der Waals surface area contributed by atoms with Crippen LogP contribution < -0.4 is 0 Å². The molecular formula is C10H7ClN2O3S. The van der Waals surface area contributed by atoms with Crippen LogP contribution in [0.5, 0.6) is 0 Å². The molecule has 5 nitrogen and oxygen atoms in total. The molecule has 0 aliphatic carbocycles. The van der Waals surface area contributed by atoms with Crippen molar-refractivity contribution in [3.05, 3.63) is 34.8 Å². The van der Waals surface area contributed by atoms with Gasteiger partial charge >= 0.3 is 5.97 Å². The van der Waals surface area contributed by atoms with Crippen molar-refractivity contribution in [3.63, 3.8) is 0 Å². The molecule has 2 aromatic rings. The minimum absolute atomic E-state index is 0.0794. The zero-order valence-corrected chi connectivity index (χ0v) is 10.2. The average molecular weight is 271 g/mol. The van der Waals surface area contributed by atoms with Crippen molar-refractivity contribution in [2.24, 2.45) is 0 Å². The lowest BCUT2D eigenvalue weighted by Gasteiger charge is -2.00. The molecule has 1 N–H and O–H groups in total. The van der Waals surface area contributed by atoms with Gasteiger partial charge in [0.15, 0.2) is 0 Å². The molecule has 0 saturated carbocycles. The molecule has 0 unspecified atom stereocenters. The van der Waals surface area contributed by atoms with E-state index in [1.807, 2.05) is 0 Å². The first kappa shape index (κ1) is 11.9. The van der Waals surface area contributed by atoms with Crippen LogP contribution in [0.15, 0.2) is 33.1 Å². The van der Waals surface area contributed by atoms with Crippen molar-refractivity contribution >= 4 is 29.3 Å². The van der Waals surface area contributed by atoms with Gasteiger partial charge in [-0.25, -0.2) is 14.8 Å². The van der Waals surface area contributed by atoms with Crippen LogP contribution in [0.3, 0.4) is 0 Å². The summed E-state index contributed by atoms with van der Waals surface area (Å²) in [4.78, 5) is 18.9. The fraction of sp³-hybridized carbons (Fsp3) is 0.100. The molecule has 0 radical (unpaired) electrons. The normalized spacial score (nSPS) is 10.5. The third kappa shape index (κ3) is 2.98. The number of carboxylic acid groups (broad SMARTS) is 1. The maximum absolute atomic E-state index is 10.8. The summed E-state index contributed by atoms with van der Waals surface area (Å²) in [6, 6.07) is 2.70. The van der Waals surface area contributed by atoms with Gasteiger partial charge in [-0.1, -0.05) is 11.6 Å². The highest BCUT2D eigenvalue weighted by atomic mass is 35.5. The maximum Gasteiger partial charge on any atom is 0.335 e. The Bertz CT molecular complexity index is 570. The number of aromatic nitrogens is 2. The Balaban J connectivity index is 2.29. The fourth-order valence-electron chi connectivity index (χ4n) is 1.12. The van der Waals surface area contributed by atoms with Gasteiger partial charge in [-0.15, -0.1) is 0 Å². The quantitative estimate of drug-likeness (QED) is 0.864. The monoisotopic (exact) mass is 270 g/mol. The first-order chi connectivity index (χ1) is 8.04. The van der Waals surface area contributed by atoms with Crippen LogP contribution in [0.1, 0.15) is 16.1 Å². The summed E-state index contributed by atoms with van der Waals surface area (Å²) in [5.74, 6) is -1.06. The molecule has 2 rings (SSSR count). The molecular weight excluding hydrogens is 264 g/mol. The van der Waals surface area contributed by atoms with Crippen LogP contribution in [-0.4, -0.2) is 21.0 Å². The number of halogens is 1. The van der Waals surface area contributed by atoms with Crippen molar-refractivity contribution in [2.75, 3.05) is 0 Å². The number of oxazole rings is 1. The summed E-state index contributed by atoms with van der Waals surface area (Å²) in [5.41, 5.74) is 0.823. The molecule has 0 atom stereocenters. The predicted octanol–water partition coefficient (Wildman–Crippen LogP) is 2.88. The first-order valence-electron chi connectivity index (χ1n) is 4.55. The molecule has 0 saturated heterocycles. The Morgan fingerprint density at radius 3 is 2.82 bits per heavy atom. The van der Waals surface area contributed by atoms with Crippen LogP contribution in [0.4, 0.5) is 0 Å². The van der Waals surface area contributed by atoms with Crippen molar-refractivity contribution in [1.82, 2.24) is 9.97 Å². The summed E-state index contributed by atoms with van der Waals surface area (Å²) in [5, 5.41) is 9.81. The summed E-state index contributed by atoms with van der Waals surface area (Å²) in [7, 11) is 0. The number of aryl methyl sites for hydroxylation is 1. The smallest absolute Gasteiger partial charge is 0.335 e. The van der Waals surface area contributed by atoms with E-state index in [4.69, 9.17) is 21.1 Å². The number of aromatic carboxylic acids is 1. The Morgan fingerprint density at radius 2 is 2.24 bits per heavy atom. The lowest BCUT2D eigenvalue weighted by molar-refractivity contribution is 0.0696. The molecule has 0 fully saturated rings. The Labute approximate surface area is 106 Å². The average Bonchev–Trinajstić information content (AvgIpc) is 2.63. The van der Waals surface area contributed by atoms with Gasteiger partial charge < -0.3 is 9.52 Å². The highest BCUT2D eigenvalue weighted by Gasteiger charge is 2.10. The molecule has 7 heteroatoms. The van der Waals surface area contributed by atoms with Crippen LogP contribution in [0, 0.1) is 6.92 Å². The fourth-order valence-corrected chi connectivity index (χ4v) is 2.17. The van der Waals surface area contributed by atoms with E-state index >= 15 is 0 Å². The summed E-state index contributed by atoms with van der Waals surface area (Å²) < 4.78 is 5.13.